The predicted octanol–water partition coefficient (Wildman–Crippen LogP) is 3.58. The Labute approximate surface area is 185 Å². The van der Waals surface area contributed by atoms with Crippen molar-refractivity contribution in [3.8, 4) is 0 Å². The van der Waals surface area contributed by atoms with Crippen molar-refractivity contribution in [2.75, 3.05) is 11.5 Å². The standard InChI is InChI=1S/C24H25FN2O5/c1-5-32-23(31)15-10-12-16(13-11-15)26-20(28)14-19(22(26)30)27(24(2,3)4)21(29)17-8-6-7-9-18(17)25/h6-13,19H,5,14H2,1-4H3. The maximum atomic E-state index is 14.3. The summed E-state index contributed by atoms with van der Waals surface area (Å²) in [5, 5.41) is 0. The van der Waals surface area contributed by atoms with Crippen LogP contribution in [0.2, 0.25) is 0 Å². The summed E-state index contributed by atoms with van der Waals surface area (Å²) >= 11 is 0. The summed E-state index contributed by atoms with van der Waals surface area (Å²) in [5.41, 5.74) is -0.455. The van der Waals surface area contributed by atoms with Crippen LogP contribution in [0.15, 0.2) is 48.5 Å². The first kappa shape index (κ1) is 23.1. The molecule has 0 aromatic heterocycles. The molecule has 2 aromatic rings. The smallest absolute Gasteiger partial charge is 0.338 e. The van der Waals surface area contributed by atoms with E-state index < -0.39 is 41.1 Å². The van der Waals surface area contributed by atoms with Gasteiger partial charge in [-0.05, 0) is 64.1 Å². The van der Waals surface area contributed by atoms with Crippen molar-refractivity contribution in [3.63, 3.8) is 0 Å². The van der Waals surface area contributed by atoms with Gasteiger partial charge in [-0.3, -0.25) is 14.4 Å². The van der Waals surface area contributed by atoms with E-state index in [-0.39, 0.29) is 29.8 Å². The molecule has 1 aliphatic heterocycles. The molecule has 0 aliphatic carbocycles. The first-order valence-corrected chi connectivity index (χ1v) is 10.3. The summed E-state index contributed by atoms with van der Waals surface area (Å²) < 4.78 is 19.2. The zero-order valence-electron chi connectivity index (χ0n) is 18.4. The topological polar surface area (TPSA) is 84.0 Å². The fourth-order valence-corrected chi connectivity index (χ4v) is 3.73. The predicted molar refractivity (Wildman–Crippen MR) is 116 cm³/mol. The Morgan fingerprint density at radius 1 is 1.09 bits per heavy atom. The summed E-state index contributed by atoms with van der Waals surface area (Å²) in [6.07, 6.45) is -0.226. The molecular weight excluding hydrogens is 415 g/mol. The number of carbonyl (C=O) groups excluding carboxylic acids is 4. The largest absolute Gasteiger partial charge is 0.462 e. The molecule has 0 spiro atoms. The van der Waals surface area contributed by atoms with Crippen molar-refractivity contribution >= 4 is 29.4 Å². The Morgan fingerprint density at radius 3 is 2.28 bits per heavy atom. The number of ether oxygens (including phenoxy) is 1. The van der Waals surface area contributed by atoms with Crippen molar-refractivity contribution in [3.05, 3.63) is 65.5 Å². The maximum Gasteiger partial charge on any atom is 0.338 e. The van der Waals surface area contributed by atoms with Gasteiger partial charge in [-0.2, -0.15) is 0 Å². The molecule has 1 unspecified atom stereocenters. The van der Waals surface area contributed by atoms with Crippen LogP contribution < -0.4 is 4.90 Å². The molecule has 0 N–H and O–H groups in total. The van der Waals surface area contributed by atoms with Gasteiger partial charge in [0.25, 0.3) is 11.8 Å². The number of hydrogen-bond donors (Lipinski definition) is 0. The molecule has 1 heterocycles. The van der Waals surface area contributed by atoms with Crippen molar-refractivity contribution in [1.82, 2.24) is 4.90 Å². The summed E-state index contributed by atoms with van der Waals surface area (Å²) in [6.45, 7) is 7.09. The van der Waals surface area contributed by atoms with Gasteiger partial charge in [-0.15, -0.1) is 0 Å². The third-order valence-corrected chi connectivity index (χ3v) is 5.12. The van der Waals surface area contributed by atoms with Crippen LogP contribution in [0.1, 0.15) is 54.8 Å². The van der Waals surface area contributed by atoms with E-state index in [4.69, 9.17) is 4.74 Å². The zero-order chi connectivity index (χ0) is 23.6. The molecule has 1 atom stereocenters. The van der Waals surface area contributed by atoms with E-state index in [1.54, 1.807) is 27.7 Å². The molecule has 32 heavy (non-hydrogen) atoms. The highest BCUT2D eigenvalue weighted by Crippen LogP contribution is 2.31. The van der Waals surface area contributed by atoms with E-state index in [0.717, 1.165) is 4.90 Å². The van der Waals surface area contributed by atoms with Gasteiger partial charge in [0, 0.05) is 5.54 Å². The minimum Gasteiger partial charge on any atom is -0.462 e. The first-order chi connectivity index (χ1) is 15.1. The van der Waals surface area contributed by atoms with Crippen LogP contribution in [0.4, 0.5) is 10.1 Å². The highest BCUT2D eigenvalue weighted by Gasteiger charge is 2.48. The van der Waals surface area contributed by atoms with Gasteiger partial charge in [-0.1, -0.05) is 12.1 Å². The fraction of sp³-hybridized carbons (Fsp3) is 0.333. The average molecular weight is 440 g/mol. The molecule has 0 bridgehead atoms. The molecular formula is C24H25FN2O5. The van der Waals surface area contributed by atoms with Crippen LogP contribution in [0.5, 0.6) is 0 Å². The molecule has 7 nitrogen and oxygen atoms in total. The molecule has 0 saturated carbocycles. The summed E-state index contributed by atoms with van der Waals surface area (Å²) in [7, 11) is 0. The zero-order valence-corrected chi connectivity index (χ0v) is 18.4. The van der Waals surface area contributed by atoms with E-state index in [9.17, 15) is 23.6 Å². The van der Waals surface area contributed by atoms with E-state index in [0.29, 0.717) is 0 Å². The Kier molecular flexibility index (Phi) is 6.43. The Bertz CT molecular complexity index is 1060. The van der Waals surface area contributed by atoms with Crippen LogP contribution in [-0.2, 0) is 14.3 Å². The van der Waals surface area contributed by atoms with E-state index in [1.165, 1.54) is 53.4 Å². The molecule has 3 rings (SSSR count). The van der Waals surface area contributed by atoms with Crippen LogP contribution in [0, 0.1) is 5.82 Å². The minimum atomic E-state index is -1.08. The molecule has 2 aromatic carbocycles. The number of hydrogen-bond acceptors (Lipinski definition) is 5. The fourth-order valence-electron chi connectivity index (χ4n) is 3.73. The average Bonchev–Trinajstić information content (AvgIpc) is 3.01. The van der Waals surface area contributed by atoms with Gasteiger partial charge in [-0.25, -0.2) is 14.1 Å². The quantitative estimate of drug-likeness (QED) is 0.524. The first-order valence-electron chi connectivity index (χ1n) is 10.3. The second kappa shape index (κ2) is 8.90. The summed E-state index contributed by atoms with van der Waals surface area (Å²) in [6, 6.07) is 10.3. The molecule has 1 saturated heterocycles. The Balaban J connectivity index is 1.92. The lowest BCUT2D eigenvalue weighted by molar-refractivity contribution is -0.123. The number of amides is 3. The van der Waals surface area contributed by atoms with Gasteiger partial charge >= 0.3 is 5.97 Å². The molecule has 1 aliphatic rings. The molecule has 3 amide bonds. The van der Waals surface area contributed by atoms with Gasteiger partial charge in [0.2, 0.25) is 5.91 Å². The highest BCUT2D eigenvalue weighted by atomic mass is 19.1. The van der Waals surface area contributed by atoms with Crippen molar-refractivity contribution in [2.24, 2.45) is 0 Å². The lowest BCUT2D eigenvalue weighted by Crippen LogP contribution is -2.54. The summed E-state index contributed by atoms with van der Waals surface area (Å²) in [4.78, 5) is 53.4. The third-order valence-electron chi connectivity index (χ3n) is 5.12. The number of anilines is 1. The SMILES string of the molecule is CCOC(=O)c1ccc(N2C(=O)CC(N(C(=O)c3ccccc3F)C(C)(C)C)C2=O)cc1. The molecule has 8 heteroatoms. The van der Waals surface area contributed by atoms with Crippen LogP contribution in [-0.4, -0.2) is 46.8 Å². The molecule has 0 radical (unpaired) electrons. The summed E-state index contributed by atoms with van der Waals surface area (Å²) in [5.74, 6) is -2.94. The van der Waals surface area contributed by atoms with E-state index in [2.05, 4.69) is 0 Å². The Morgan fingerprint density at radius 2 is 1.72 bits per heavy atom. The monoisotopic (exact) mass is 440 g/mol. The van der Waals surface area contributed by atoms with Crippen LogP contribution in [0.25, 0.3) is 0 Å². The van der Waals surface area contributed by atoms with Gasteiger partial charge in [0.05, 0.1) is 29.8 Å². The van der Waals surface area contributed by atoms with E-state index >= 15 is 0 Å². The van der Waals surface area contributed by atoms with Gasteiger partial charge in [0.1, 0.15) is 11.9 Å². The van der Waals surface area contributed by atoms with Crippen LogP contribution >= 0.6 is 0 Å². The number of benzene rings is 2. The normalized spacial score (nSPS) is 16.3. The maximum absolute atomic E-state index is 14.3. The molecule has 1 fully saturated rings. The van der Waals surface area contributed by atoms with E-state index in [1.807, 2.05) is 0 Å². The number of esters is 1. The number of halogens is 1. The van der Waals surface area contributed by atoms with Gasteiger partial charge in [0.15, 0.2) is 0 Å². The van der Waals surface area contributed by atoms with Crippen molar-refractivity contribution in [2.45, 2.75) is 45.7 Å². The number of imide groups is 1. The minimum absolute atomic E-state index is 0.167. The number of rotatable bonds is 5. The second-order valence-electron chi connectivity index (χ2n) is 8.38. The third kappa shape index (κ3) is 4.39. The number of nitrogens with zero attached hydrogens (tertiary/aromatic N) is 2. The lowest BCUT2D eigenvalue weighted by Gasteiger charge is -2.39. The number of carbonyl (C=O) groups is 4. The van der Waals surface area contributed by atoms with Crippen LogP contribution in [0.3, 0.4) is 0 Å². The lowest BCUT2D eigenvalue weighted by atomic mass is 9.99. The molecule has 168 valence electrons. The van der Waals surface area contributed by atoms with Crippen molar-refractivity contribution < 1.29 is 28.3 Å². The highest BCUT2D eigenvalue weighted by molar-refractivity contribution is 6.23. The Hall–Kier alpha value is -3.55. The van der Waals surface area contributed by atoms with Crippen molar-refractivity contribution in [1.29, 1.82) is 0 Å². The second-order valence-corrected chi connectivity index (χ2v) is 8.38. The van der Waals surface area contributed by atoms with Gasteiger partial charge < -0.3 is 9.64 Å².